The standard InChI is InChI=1S/C27H26N6O3S/c1-4-22(34)28-19-6-5-7-20(16-19)36-25-24-21(12-15-37-24)30-27(31-25)29-18-10-8-17(9-11-18)23-26(35)33(3)14-13-32(23)2/h4-12,15-16,23H,1,13-14H2,2-3H3,(H,28,34)(H,29,30,31). The number of amides is 2. The first-order valence-corrected chi connectivity index (χ1v) is 12.6. The molecule has 5 rings (SSSR count). The van der Waals surface area contributed by atoms with Gasteiger partial charge in [-0.25, -0.2) is 4.98 Å². The Kier molecular flexibility index (Phi) is 6.85. The van der Waals surface area contributed by atoms with Gasteiger partial charge in [-0.1, -0.05) is 24.8 Å². The molecule has 2 aromatic carbocycles. The maximum Gasteiger partial charge on any atom is 0.247 e. The van der Waals surface area contributed by atoms with Crippen molar-refractivity contribution in [1.82, 2.24) is 19.8 Å². The van der Waals surface area contributed by atoms with Crippen molar-refractivity contribution < 1.29 is 14.3 Å². The summed E-state index contributed by atoms with van der Waals surface area (Å²) < 4.78 is 6.92. The van der Waals surface area contributed by atoms with Gasteiger partial charge in [-0.2, -0.15) is 4.98 Å². The molecule has 37 heavy (non-hydrogen) atoms. The number of likely N-dealkylation sites (N-methyl/N-ethyl adjacent to an activating group) is 2. The van der Waals surface area contributed by atoms with Crippen LogP contribution < -0.4 is 15.4 Å². The van der Waals surface area contributed by atoms with Crippen LogP contribution in [0.15, 0.2) is 72.6 Å². The number of ether oxygens (including phenoxy) is 1. The highest BCUT2D eigenvalue weighted by molar-refractivity contribution is 7.17. The highest BCUT2D eigenvalue weighted by Crippen LogP contribution is 2.34. The average molecular weight is 515 g/mol. The Balaban J connectivity index is 1.37. The van der Waals surface area contributed by atoms with E-state index in [-0.39, 0.29) is 17.9 Å². The van der Waals surface area contributed by atoms with E-state index in [2.05, 4.69) is 32.1 Å². The van der Waals surface area contributed by atoms with Gasteiger partial charge in [-0.05, 0) is 54.4 Å². The summed E-state index contributed by atoms with van der Waals surface area (Å²) in [6, 6.07) is 16.4. The summed E-state index contributed by atoms with van der Waals surface area (Å²) >= 11 is 1.48. The molecule has 0 saturated carbocycles. The fourth-order valence-corrected chi connectivity index (χ4v) is 4.88. The molecular weight excluding hydrogens is 488 g/mol. The largest absolute Gasteiger partial charge is 0.437 e. The lowest BCUT2D eigenvalue weighted by atomic mass is 10.0. The van der Waals surface area contributed by atoms with Crippen LogP contribution >= 0.6 is 11.3 Å². The third kappa shape index (κ3) is 5.30. The molecule has 0 aliphatic carbocycles. The number of hydrogen-bond acceptors (Lipinski definition) is 8. The number of fused-ring (bicyclic) bond motifs is 1. The van der Waals surface area contributed by atoms with Gasteiger partial charge in [-0.3, -0.25) is 14.5 Å². The second-order valence-electron chi connectivity index (χ2n) is 8.70. The zero-order valence-electron chi connectivity index (χ0n) is 20.5. The van der Waals surface area contributed by atoms with Crippen molar-refractivity contribution in [2.45, 2.75) is 6.04 Å². The van der Waals surface area contributed by atoms with Crippen LogP contribution in [0.3, 0.4) is 0 Å². The van der Waals surface area contributed by atoms with Gasteiger partial charge in [0.05, 0.1) is 5.52 Å². The summed E-state index contributed by atoms with van der Waals surface area (Å²) in [6.45, 7) is 5.03. The second kappa shape index (κ2) is 10.4. The Labute approximate surface area is 218 Å². The van der Waals surface area contributed by atoms with Crippen molar-refractivity contribution in [3.05, 3.63) is 78.2 Å². The van der Waals surface area contributed by atoms with Gasteiger partial charge in [0.1, 0.15) is 16.5 Å². The fraction of sp³-hybridized carbons (Fsp3) is 0.185. The van der Waals surface area contributed by atoms with E-state index in [0.717, 1.165) is 34.6 Å². The lowest BCUT2D eigenvalue weighted by Gasteiger charge is -2.37. The van der Waals surface area contributed by atoms with Gasteiger partial charge in [0.2, 0.25) is 23.6 Å². The summed E-state index contributed by atoms with van der Waals surface area (Å²) in [4.78, 5) is 37.4. The van der Waals surface area contributed by atoms with Crippen LogP contribution in [-0.4, -0.2) is 58.8 Å². The van der Waals surface area contributed by atoms with Gasteiger partial charge in [0.25, 0.3) is 0 Å². The molecule has 3 heterocycles. The molecule has 2 aromatic heterocycles. The molecule has 188 valence electrons. The highest BCUT2D eigenvalue weighted by atomic mass is 32.1. The first-order valence-electron chi connectivity index (χ1n) is 11.7. The minimum atomic E-state index is -0.302. The molecule has 1 fully saturated rings. The number of nitrogens with zero attached hydrogens (tertiary/aromatic N) is 4. The number of rotatable bonds is 7. The summed E-state index contributed by atoms with van der Waals surface area (Å²) in [5, 5.41) is 7.90. The predicted octanol–water partition coefficient (Wildman–Crippen LogP) is 4.80. The number of nitrogens with one attached hydrogen (secondary N) is 2. The summed E-state index contributed by atoms with van der Waals surface area (Å²) in [5.74, 6) is 1.11. The van der Waals surface area contributed by atoms with Gasteiger partial charge in [0, 0.05) is 37.6 Å². The number of thiophene rings is 1. The van der Waals surface area contributed by atoms with E-state index in [1.54, 1.807) is 29.2 Å². The molecule has 10 heteroatoms. The zero-order chi connectivity index (χ0) is 25.9. The Hall–Kier alpha value is -4.28. The summed E-state index contributed by atoms with van der Waals surface area (Å²) in [5.41, 5.74) is 3.07. The molecule has 4 aromatic rings. The van der Waals surface area contributed by atoms with Crippen LogP contribution in [-0.2, 0) is 9.59 Å². The maximum absolute atomic E-state index is 12.7. The Morgan fingerprint density at radius 1 is 1.11 bits per heavy atom. The monoisotopic (exact) mass is 514 g/mol. The topological polar surface area (TPSA) is 99.7 Å². The van der Waals surface area contributed by atoms with Gasteiger partial charge in [0.15, 0.2) is 0 Å². The molecule has 1 atom stereocenters. The lowest BCUT2D eigenvalue weighted by molar-refractivity contribution is -0.139. The lowest BCUT2D eigenvalue weighted by Crippen LogP contribution is -2.48. The molecule has 9 nitrogen and oxygen atoms in total. The van der Waals surface area contributed by atoms with E-state index in [1.807, 2.05) is 49.8 Å². The second-order valence-corrected chi connectivity index (χ2v) is 9.62. The summed E-state index contributed by atoms with van der Waals surface area (Å²) in [6.07, 6.45) is 1.21. The van der Waals surface area contributed by atoms with Crippen LogP contribution in [0, 0.1) is 0 Å². The molecule has 2 N–H and O–H groups in total. The average Bonchev–Trinajstić information content (AvgIpc) is 3.37. The van der Waals surface area contributed by atoms with E-state index in [0.29, 0.717) is 23.3 Å². The molecular formula is C27H26N6O3S. The number of piperazine rings is 1. The normalized spacial score (nSPS) is 16.0. The third-order valence-electron chi connectivity index (χ3n) is 6.10. The van der Waals surface area contributed by atoms with Crippen molar-refractivity contribution >= 4 is 50.7 Å². The SMILES string of the molecule is C=CC(=O)Nc1cccc(Oc2nc(Nc3ccc(C4C(=O)N(C)CCN4C)cc3)nc3ccsc23)c1. The van der Waals surface area contributed by atoms with Crippen molar-refractivity contribution in [3.63, 3.8) is 0 Å². The first kappa shape index (κ1) is 24.4. The minimum Gasteiger partial charge on any atom is -0.437 e. The molecule has 1 unspecified atom stereocenters. The van der Waals surface area contributed by atoms with Crippen LogP contribution in [0.4, 0.5) is 17.3 Å². The minimum absolute atomic E-state index is 0.0932. The van der Waals surface area contributed by atoms with Crippen LogP contribution in [0.2, 0.25) is 0 Å². The number of hydrogen-bond donors (Lipinski definition) is 2. The number of anilines is 3. The highest BCUT2D eigenvalue weighted by Gasteiger charge is 2.31. The van der Waals surface area contributed by atoms with Gasteiger partial charge in [-0.15, -0.1) is 11.3 Å². The molecule has 1 aliphatic heterocycles. The summed E-state index contributed by atoms with van der Waals surface area (Å²) in [7, 11) is 3.81. The third-order valence-corrected chi connectivity index (χ3v) is 6.99. The Morgan fingerprint density at radius 2 is 1.92 bits per heavy atom. The molecule has 0 spiro atoms. The van der Waals surface area contributed by atoms with Crippen molar-refractivity contribution in [2.75, 3.05) is 37.8 Å². The molecule has 1 aliphatic rings. The van der Waals surface area contributed by atoms with E-state index in [1.165, 1.54) is 17.4 Å². The number of carbonyl (C=O) groups excluding carboxylic acids is 2. The van der Waals surface area contributed by atoms with Crippen molar-refractivity contribution in [3.8, 4) is 11.6 Å². The first-order chi connectivity index (χ1) is 17.9. The van der Waals surface area contributed by atoms with E-state index in [4.69, 9.17) is 4.74 Å². The number of carbonyl (C=O) groups is 2. The maximum atomic E-state index is 12.7. The van der Waals surface area contributed by atoms with E-state index < -0.39 is 0 Å². The van der Waals surface area contributed by atoms with Gasteiger partial charge >= 0.3 is 0 Å². The predicted molar refractivity (Wildman–Crippen MR) is 145 cm³/mol. The fourth-order valence-electron chi connectivity index (χ4n) is 4.12. The molecule has 0 bridgehead atoms. The Bertz CT molecular complexity index is 1470. The quantitative estimate of drug-likeness (QED) is 0.342. The van der Waals surface area contributed by atoms with E-state index >= 15 is 0 Å². The Morgan fingerprint density at radius 3 is 2.70 bits per heavy atom. The van der Waals surface area contributed by atoms with Crippen LogP contribution in [0.1, 0.15) is 11.6 Å². The number of aromatic nitrogens is 2. The van der Waals surface area contributed by atoms with E-state index in [9.17, 15) is 9.59 Å². The van der Waals surface area contributed by atoms with Crippen LogP contribution in [0.5, 0.6) is 11.6 Å². The smallest absolute Gasteiger partial charge is 0.247 e. The molecule has 1 saturated heterocycles. The van der Waals surface area contributed by atoms with Gasteiger partial charge < -0.3 is 20.3 Å². The molecule has 0 radical (unpaired) electrons. The zero-order valence-corrected chi connectivity index (χ0v) is 21.3. The van der Waals surface area contributed by atoms with Crippen molar-refractivity contribution in [2.24, 2.45) is 0 Å². The van der Waals surface area contributed by atoms with Crippen LogP contribution in [0.25, 0.3) is 10.2 Å². The number of benzene rings is 2. The van der Waals surface area contributed by atoms with Crippen molar-refractivity contribution in [1.29, 1.82) is 0 Å². The molecule has 2 amide bonds.